The minimum Gasteiger partial charge on any atom is -0.508 e. The first-order valence-electron chi connectivity index (χ1n) is 6.84. The molecule has 2 amide bonds. The van der Waals surface area contributed by atoms with Crippen LogP contribution in [-0.2, 0) is 9.59 Å². The molecular weight excluding hydrogens is 256 g/mol. The number of aromatic hydroxyl groups is 1. The summed E-state index contributed by atoms with van der Waals surface area (Å²) in [6.07, 6.45) is 0.241. The lowest BCUT2D eigenvalue weighted by molar-refractivity contribution is -0.126. The lowest BCUT2D eigenvalue weighted by Gasteiger charge is -2.17. The molecule has 0 saturated carbocycles. The van der Waals surface area contributed by atoms with E-state index in [0.717, 1.165) is 0 Å². The Hall–Kier alpha value is -2.04. The summed E-state index contributed by atoms with van der Waals surface area (Å²) in [5.41, 5.74) is 0.715. The molecule has 0 unspecified atom stereocenters. The number of nitrogens with zero attached hydrogens (tertiary/aromatic N) is 1. The molecule has 5 heteroatoms. The molecule has 1 aromatic carbocycles. The standard InChI is InChI=1S/C15H20N2O3/c1-10(2)8-16-15(20)11-7-14(19)17(9-11)12-3-5-13(18)6-4-12/h3-6,10-11,18H,7-9H2,1-2H3,(H,16,20)/t11-/m0/s1. The Labute approximate surface area is 118 Å². The summed E-state index contributed by atoms with van der Waals surface area (Å²) >= 11 is 0. The molecule has 1 aliphatic rings. The van der Waals surface area contributed by atoms with Crippen molar-refractivity contribution < 1.29 is 14.7 Å². The van der Waals surface area contributed by atoms with Crippen molar-refractivity contribution in [3.8, 4) is 5.75 Å². The Kier molecular flexibility index (Phi) is 4.27. The zero-order chi connectivity index (χ0) is 14.7. The maximum absolute atomic E-state index is 12.0. The average molecular weight is 276 g/mol. The van der Waals surface area contributed by atoms with Gasteiger partial charge in [0.05, 0.1) is 5.92 Å². The smallest absolute Gasteiger partial charge is 0.227 e. The summed E-state index contributed by atoms with van der Waals surface area (Å²) in [6.45, 7) is 5.09. The number of hydrogen-bond donors (Lipinski definition) is 2. The van der Waals surface area contributed by atoms with E-state index in [4.69, 9.17) is 0 Å². The third kappa shape index (κ3) is 3.29. The number of hydrogen-bond acceptors (Lipinski definition) is 3. The molecule has 1 atom stereocenters. The monoisotopic (exact) mass is 276 g/mol. The van der Waals surface area contributed by atoms with Gasteiger partial charge in [-0.05, 0) is 30.2 Å². The molecular formula is C15H20N2O3. The number of phenols is 1. The van der Waals surface area contributed by atoms with E-state index in [1.54, 1.807) is 17.0 Å². The van der Waals surface area contributed by atoms with Crippen molar-refractivity contribution in [2.45, 2.75) is 20.3 Å². The molecule has 2 N–H and O–H groups in total. The van der Waals surface area contributed by atoms with Gasteiger partial charge in [-0.2, -0.15) is 0 Å². The van der Waals surface area contributed by atoms with E-state index >= 15 is 0 Å². The normalized spacial score (nSPS) is 18.6. The fourth-order valence-corrected chi connectivity index (χ4v) is 2.21. The largest absolute Gasteiger partial charge is 0.508 e. The zero-order valence-corrected chi connectivity index (χ0v) is 11.8. The molecule has 0 radical (unpaired) electrons. The minimum atomic E-state index is -0.296. The number of phenolic OH excluding ortho intramolecular Hbond substituents is 1. The van der Waals surface area contributed by atoms with E-state index in [-0.39, 0.29) is 29.9 Å². The molecule has 0 bridgehead atoms. The van der Waals surface area contributed by atoms with E-state index in [0.29, 0.717) is 24.7 Å². The predicted octanol–water partition coefficient (Wildman–Crippen LogP) is 1.52. The topological polar surface area (TPSA) is 69.6 Å². The number of amides is 2. The van der Waals surface area contributed by atoms with Crippen molar-refractivity contribution in [3.05, 3.63) is 24.3 Å². The van der Waals surface area contributed by atoms with Crippen LogP contribution >= 0.6 is 0 Å². The summed E-state index contributed by atoms with van der Waals surface area (Å²) in [4.78, 5) is 25.6. The van der Waals surface area contributed by atoms with Crippen LogP contribution in [0.5, 0.6) is 5.75 Å². The molecule has 2 rings (SSSR count). The fourth-order valence-electron chi connectivity index (χ4n) is 2.21. The number of carbonyl (C=O) groups is 2. The highest BCUT2D eigenvalue weighted by Crippen LogP contribution is 2.26. The Morgan fingerprint density at radius 2 is 2.05 bits per heavy atom. The molecule has 108 valence electrons. The molecule has 5 nitrogen and oxygen atoms in total. The quantitative estimate of drug-likeness (QED) is 0.876. The highest BCUT2D eigenvalue weighted by atomic mass is 16.3. The predicted molar refractivity (Wildman–Crippen MR) is 76.4 cm³/mol. The van der Waals surface area contributed by atoms with Gasteiger partial charge in [-0.25, -0.2) is 0 Å². The van der Waals surface area contributed by atoms with Gasteiger partial charge in [0.25, 0.3) is 0 Å². The SMILES string of the molecule is CC(C)CNC(=O)[C@H]1CC(=O)N(c2ccc(O)cc2)C1. The van der Waals surface area contributed by atoms with Crippen molar-refractivity contribution in [1.29, 1.82) is 0 Å². The summed E-state index contributed by atoms with van der Waals surface area (Å²) in [5.74, 6) is 0.139. The highest BCUT2D eigenvalue weighted by molar-refractivity contribution is 6.00. The zero-order valence-electron chi connectivity index (χ0n) is 11.8. The van der Waals surface area contributed by atoms with Crippen molar-refractivity contribution in [2.24, 2.45) is 11.8 Å². The Morgan fingerprint density at radius 1 is 1.40 bits per heavy atom. The van der Waals surface area contributed by atoms with Crippen LogP contribution in [0.25, 0.3) is 0 Å². The Bertz CT molecular complexity index is 496. The second-order valence-electron chi connectivity index (χ2n) is 5.56. The van der Waals surface area contributed by atoms with Crippen LogP contribution in [-0.4, -0.2) is 30.0 Å². The lowest BCUT2D eigenvalue weighted by atomic mass is 10.1. The third-order valence-corrected chi connectivity index (χ3v) is 3.34. The molecule has 0 spiro atoms. The van der Waals surface area contributed by atoms with Gasteiger partial charge in [-0.1, -0.05) is 13.8 Å². The van der Waals surface area contributed by atoms with Crippen molar-refractivity contribution in [3.63, 3.8) is 0 Å². The molecule has 20 heavy (non-hydrogen) atoms. The number of benzene rings is 1. The van der Waals surface area contributed by atoms with E-state index in [9.17, 15) is 14.7 Å². The van der Waals surface area contributed by atoms with Crippen molar-refractivity contribution >= 4 is 17.5 Å². The Balaban J connectivity index is 2.00. The van der Waals surface area contributed by atoms with E-state index in [2.05, 4.69) is 5.32 Å². The van der Waals surface area contributed by atoms with E-state index < -0.39 is 0 Å². The molecule has 0 aromatic heterocycles. The molecule has 0 aliphatic carbocycles. The van der Waals surface area contributed by atoms with Gasteiger partial charge in [-0.15, -0.1) is 0 Å². The van der Waals surface area contributed by atoms with Gasteiger partial charge < -0.3 is 15.3 Å². The Morgan fingerprint density at radius 3 is 2.65 bits per heavy atom. The second-order valence-corrected chi connectivity index (χ2v) is 5.56. The molecule has 1 fully saturated rings. The van der Waals surface area contributed by atoms with Crippen LogP contribution in [0.1, 0.15) is 20.3 Å². The first-order chi connectivity index (χ1) is 9.47. The van der Waals surface area contributed by atoms with Crippen LogP contribution in [0, 0.1) is 11.8 Å². The summed E-state index contributed by atoms with van der Waals surface area (Å²) in [5, 5.41) is 12.1. The first kappa shape index (κ1) is 14.4. The van der Waals surface area contributed by atoms with Gasteiger partial charge in [0.1, 0.15) is 5.75 Å². The second kappa shape index (κ2) is 5.94. The first-order valence-corrected chi connectivity index (χ1v) is 6.84. The number of rotatable bonds is 4. The van der Waals surface area contributed by atoms with Crippen molar-refractivity contribution in [1.82, 2.24) is 5.32 Å². The van der Waals surface area contributed by atoms with Crippen LogP contribution in [0.15, 0.2) is 24.3 Å². The highest BCUT2D eigenvalue weighted by Gasteiger charge is 2.34. The van der Waals surface area contributed by atoms with Crippen LogP contribution in [0.3, 0.4) is 0 Å². The summed E-state index contributed by atoms with van der Waals surface area (Å²) in [7, 11) is 0. The maximum Gasteiger partial charge on any atom is 0.227 e. The lowest BCUT2D eigenvalue weighted by Crippen LogP contribution is -2.34. The van der Waals surface area contributed by atoms with Crippen LogP contribution < -0.4 is 10.2 Å². The van der Waals surface area contributed by atoms with Crippen LogP contribution in [0.2, 0.25) is 0 Å². The van der Waals surface area contributed by atoms with Gasteiger partial charge in [0.2, 0.25) is 11.8 Å². The van der Waals surface area contributed by atoms with Crippen LogP contribution in [0.4, 0.5) is 5.69 Å². The summed E-state index contributed by atoms with van der Waals surface area (Å²) in [6, 6.07) is 6.44. The number of nitrogens with one attached hydrogen (secondary N) is 1. The van der Waals surface area contributed by atoms with Gasteiger partial charge in [-0.3, -0.25) is 9.59 Å². The van der Waals surface area contributed by atoms with Gasteiger partial charge in [0, 0.05) is 25.2 Å². The number of anilines is 1. The van der Waals surface area contributed by atoms with Crippen molar-refractivity contribution in [2.75, 3.05) is 18.0 Å². The third-order valence-electron chi connectivity index (χ3n) is 3.34. The minimum absolute atomic E-state index is 0.0552. The fraction of sp³-hybridized carbons (Fsp3) is 0.467. The molecule has 1 aliphatic heterocycles. The molecule has 1 aromatic rings. The maximum atomic E-state index is 12.0. The number of carbonyl (C=O) groups excluding carboxylic acids is 2. The molecule has 1 saturated heterocycles. The molecule has 1 heterocycles. The summed E-state index contributed by atoms with van der Waals surface area (Å²) < 4.78 is 0. The van der Waals surface area contributed by atoms with E-state index in [1.165, 1.54) is 12.1 Å². The van der Waals surface area contributed by atoms with Gasteiger partial charge >= 0.3 is 0 Å². The average Bonchev–Trinajstić information content (AvgIpc) is 2.79. The van der Waals surface area contributed by atoms with Gasteiger partial charge in [0.15, 0.2) is 0 Å². The van der Waals surface area contributed by atoms with E-state index in [1.807, 2.05) is 13.8 Å².